The number of nitrogens with zero attached hydrogens (tertiary/aromatic N) is 1. The van der Waals surface area contributed by atoms with Gasteiger partial charge in [-0.3, -0.25) is 9.59 Å². The van der Waals surface area contributed by atoms with Gasteiger partial charge in [0.05, 0.1) is 12.5 Å². The molecule has 3 N–H and O–H groups in total. The van der Waals surface area contributed by atoms with Gasteiger partial charge in [0.2, 0.25) is 11.8 Å². The maximum absolute atomic E-state index is 12.2. The van der Waals surface area contributed by atoms with Crippen LogP contribution in [0.2, 0.25) is 0 Å². The first-order valence-electron chi connectivity index (χ1n) is 7.42. The lowest BCUT2D eigenvalue weighted by Crippen LogP contribution is -2.43. The number of amides is 2. The molecule has 122 valence electrons. The van der Waals surface area contributed by atoms with Crippen LogP contribution in [0, 0.1) is 5.92 Å². The number of carbonyl (C=O) groups excluding carboxylic acids is 2. The van der Waals surface area contributed by atoms with Crippen molar-refractivity contribution < 1.29 is 14.3 Å². The topological polar surface area (TPSA) is 84.7 Å². The Morgan fingerprint density at radius 2 is 2.05 bits per heavy atom. The molecule has 21 heavy (non-hydrogen) atoms. The minimum absolute atomic E-state index is 0. The molecule has 1 heterocycles. The third-order valence-corrected chi connectivity index (χ3v) is 4.27. The van der Waals surface area contributed by atoms with E-state index in [0.29, 0.717) is 26.1 Å². The Labute approximate surface area is 132 Å². The maximum Gasteiger partial charge on any atom is 0.225 e. The van der Waals surface area contributed by atoms with E-state index in [2.05, 4.69) is 5.32 Å². The van der Waals surface area contributed by atoms with Gasteiger partial charge in [-0.25, -0.2) is 0 Å². The van der Waals surface area contributed by atoms with Gasteiger partial charge in [0.15, 0.2) is 0 Å². The molecule has 1 unspecified atom stereocenters. The number of hydrogen-bond acceptors (Lipinski definition) is 4. The van der Waals surface area contributed by atoms with Gasteiger partial charge in [-0.1, -0.05) is 0 Å². The number of carbonyl (C=O) groups is 2. The van der Waals surface area contributed by atoms with Crippen LogP contribution in [0.3, 0.4) is 0 Å². The van der Waals surface area contributed by atoms with Gasteiger partial charge in [-0.15, -0.1) is 12.4 Å². The molecule has 0 aromatic heterocycles. The monoisotopic (exact) mass is 319 g/mol. The zero-order valence-electron chi connectivity index (χ0n) is 12.5. The molecule has 6 nitrogen and oxygen atoms in total. The number of halogens is 1. The fourth-order valence-electron chi connectivity index (χ4n) is 2.95. The van der Waals surface area contributed by atoms with Crippen molar-refractivity contribution in [3.63, 3.8) is 0 Å². The Morgan fingerprint density at radius 3 is 2.67 bits per heavy atom. The van der Waals surface area contributed by atoms with Crippen LogP contribution in [-0.4, -0.2) is 55.6 Å². The Bertz CT molecular complexity index is 359. The van der Waals surface area contributed by atoms with Crippen LogP contribution in [0.15, 0.2) is 0 Å². The second-order valence-electron chi connectivity index (χ2n) is 5.85. The molecule has 2 rings (SSSR count). The van der Waals surface area contributed by atoms with E-state index >= 15 is 0 Å². The predicted octanol–water partition coefficient (Wildman–Crippen LogP) is 0.289. The van der Waals surface area contributed by atoms with E-state index in [1.807, 2.05) is 0 Å². The van der Waals surface area contributed by atoms with E-state index in [0.717, 1.165) is 25.7 Å². The molecule has 0 aromatic rings. The Balaban J connectivity index is 0.00000220. The molecule has 0 bridgehead atoms. The van der Waals surface area contributed by atoms with Crippen LogP contribution in [0.1, 0.15) is 32.1 Å². The number of nitrogens with two attached hydrogens (primary N) is 1. The summed E-state index contributed by atoms with van der Waals surface area (Å²) in [4.78, 5) is 25.7. The van der Waals surface area contributed by atoms with Gasteiger partial charge in [-0.2, -0.15) is 0 Å². The first-order chi connectivity index (χ1) is 9.60. The number of rotatable bonds is 5. The van der Waals surface area contributed by atoms with Crippen molar-refractivity contribution >= 4 is 24.2 Å². The molecule has 2 fully saturated rings. The van der Waals surface area contributed by atoms with Gasteiger partial charge < -0.3 is 20.7 Å². The van der Waals surface area contributed by atoms with E-state index in [1.54, 1.807) is 12.0 Å². The molecule has 0 radical (unpaired) electrons. The highest BCUT2D eigenvalue weighted by Crippen LogP contribution is 2.21. The molecule has 2 aliphatic rings. The molecule has 7 heteroatoms. The van der Waals surface area contributed by atoms with Crippen molar-refractivity contribution in [3.05, 3.63) is 0 Å². The number of ether oxygens (including phenoxy) is 1. The Kier molecular flexibility index (Phi) is 7.42. The average Bonchev–Trinajstić information content (AvgIpc) is 2.80. The van der Waals surface area contributed by atoms with Gasteiger partial charge in [0.25, 0.3) is 0 Å². The normalized spacial score (nSPS) is 29.1. The van der Waals surface area contributed by atoms with Gasteiger partial charge in [0, 0.05) is 38.7 Å². The van der Waals surface area contributed by atoms with E-state index in [9.17, 15) is 9.59 Å². The summed E-state index contributed by atoms with van der Waals surface area (Å²) in [7, 11) is 1.61. The number of likely N-dealkylation sites (tertiary alicyclic amines) is 1. The molecule has 1 saturated heterocycles. The predicted molar refractivity (Wildman–Crippen MR) is 82.2 cm³/mol. The summed E-state index contributed by atoms with van der Waals surface area (Å²) >= 11 is 0. The molecule has 1 saturated carbocycles. The SMILES string of the molecule is COCCN1CC(C(=O)NC2CCC(N)CC2)CC1=O.Cl. The van der Waals surface area contributed by atoms with Crippen LogP contribution in [-0.2, 0) is 14.3 Å². The lowest BCUT2D eigenvalue weighted by Gasteiger charge is -2.27. The van der Waals surface area contributed by atoms with Crippen LogP contribution in [0.4, 0.5) is 0 Å². The van der Waals surface area contributed by atoms with E-state index in [1.165, 1.54) is 0 Å². The molecule has 1 atom stereocenters. The third kappa shape index (κ3) is 5.13. The van der Waals surface area contributed by atoms with Crippen molar-refractivity contribution in [1.82, 2.24) is 10.2 Å². The molecule has 0 spiro atoms. The lowest BCUT2D eigenvalue weighted by atomic mass is 9.91. The first-order valence-corrected chi connectivity index (χ1v) is 7.42. The van der Waals surface area contributed by atoms with Gasteiger partial charge in [0.1, 0.15) is 0 Å². The van der Waals surface area contributed by atoms with E-state index in [4.69, 9.17) is 10.5 Å². The smallest absolute Gasteiger partial charge is 0.225 e. The summed E-state index contributed by atoms with van der Waals surface area (Å²) < 4.78 is 4.97. The third-order valence-electron chi connectivity index (χ3n) is 4.27. The number of methoxy groups -OCH3 is 1. The molecule has 1 aliphatic heterocycles. The van der Waals surface area contributed by atoms with Crippen LogP contribution in [0.5, 0.6) is 0 Å². The molecule has 1 aliphatic carbocycles. The highest BCUT2D eigenvalue weighted by molar-refractivity contribution is 5.89. The summed E-state index contributed by atoms with van der Waals surface area (Å²) in [5, 5.41) is 3.07. The fraction of sp³-hybridized carbons (Fsp3) is 0.857. The standard InChI is InChI=1S/C14H25N3O3.ClH/c1-20-7-6-17-9-10(8-13(17)18)14(19)16-12-4-2-11(15)3-5-12;/h10-12H,2-9,15H2,1H3,(H,16,19);1H. The van der Waals surface area contributed by atoms with Crippen LogP contribution < -0.4 is 11.1 Å². The Morgan fingerprint density at radius 1 is 1.38 bits per heavy atom. The fourth-order valence-corrected chi connectivity index (χ4v) is 2.95. The van der Waals surface area contributed by atoms with Crippen LogP contribution >= 0.6 is 12.4 Å². The summed E-state index contributed by atoms with van der Waals surface area (Å²) in [6.45, 7) is 1.60. The van der Waals surface area contributed by atoms with Crippen LogP contribution in [0.25, 0.3) is 0 Å². The summed E-state index contributed by atoms with van der Waals surface area (Å²) in [5.41, 5.74) is 5.86. The summed E-state index contributed by atoms with van der Waals surface area (Å²) in [6, 6.07) is 0.506. The molecule has 2 amide bonds. The largest absolute Gasteiger partial charge is 0.383 e. The minimum Gasteiger partial charge on any atom is -0.383 e. The quantitative estimate of drug-likeness (QED) is 0.763. The average molecular weight is 320 g/mol. The second kappa shape index (κ2) is 8.56. The van der Waals surface area contributed by atoms with Crippen molar-refractivity contribution in [2.24, 2.45) is 11.7 Å². The molecule has 0 aromatic carbocycles. The Hall–Kier alpha value is -0.850. The summed E-state index contributed by atoms with van der Waals surface area (Å²) in [5.74, 6) is -0.151. The lowest BCUT2D eigenvalue weighted by molar-refractivity contribution is -0.129. The first kappa shape index (κ1) is 18.2. The zero-order valence-corrected chi connectivity index (χ0v) is 13.4. The van der Waals surface area contributed by atoms with Crippen molar-refractivity contribution in [3.8, 4) is 0 Å². The highest BCUT2D eigenvalue weighted by atomic mass is 35.5. The van der Waals surface area contributed by atoms with E-state index in [-0.39, 0.29) is 42.2 Å². The zero-order chi connectivity index (χ0) is 14.5. The van der Waals surface area contributed by atoms with Gasteiger partial charge >= 0.3 is 0 Å². The van der Waals surface area contributed by atoms with E-state index < -0.39 is 0 Å². The molecular formula is C14H26ClN3O3. The summed E-state index contributed by atoms with van der Waals surface area (Å²) in [6.07, 6.45) is 4.15. The minimum atomic E-state index is -0.213. The van der Waals surface area contributed by atoms with Crippen molar-refractivity contribution in [1.29, 1.82) is 0 Å². The van der Waals surface area contributed by atoms with Gasteiger partial charge in [-0.05, 0) is 25.7 Å². The number of nitrogens with one attached hydrogen (secondary N) is 1. The highest BCUT2D eigenvalue weighted by Gasteiger charge is 2.35. The molecular weight excluding hydrogens is 294 g/mol. The van der Waals surface area contributed by atoms with Crippen molar-refractivity contribution in [2.45, 2.75) is 44.2 Å². The second-order valence-corrected chi connectivity index (χ2v) is 5.85. The maximum atomic E-state index is 12.2. The number of hydrogen-bond donors (Lipinski definition) is 2. The van der Waals surface area contributed by atoms with Crippen molar-refractivity contribution in [2.75, 3.05) is 26.8 Å².